The Balaban J connectivity index is 1.44. The first kappa shape index (κ1) is 32.6. The molecule has 230 valence electrons. The van der Waals surface area contributed by atoms with Crippen molar-refractivity contribution in [2.45, 2.75) is 17.1 Å². The minimum atomic E-state index is -0.538. The van der Waals surface area contributed by atoms with Gasteiger partial charge in [0, 0.05) is 35.9 Å². The van der Waals surface area contributed by atoms with E-state index in [1.807, 2.05) is 49.3 Å². The molecule has 0 aliphatic heterocycles. The van der Waals surface area contributed by atoms with Gasteiger partial charge < -0.3 is 25.6 Å². The first-order valence-electron chi connectivity index (χ1n) is 14.1. The highest BCUT2D eigenvalue weighted by atomic mass is 32.2. The minimum absolute atomic E-state index is 0.0810. The monoisotopic (exact) mass is 622 g/mol. The Bertz CT molecular complexity index is 1690. The number of esters is 1. The SMILES string of the molecule is COC(=O)c1ccccc1NC(=O)C(C)Sc1ccc(NC(=O)/C(=C/c2ccc(N(C)C)cc2)NC(=O)c2ccccc2)cc1. The Hall–Kier alpha value is -5.35. The lowest BCUT2D eigenvalue weighted by Gasteiger charge is -2.15. The quantitative estimate of drug-likeness (QED) is 0.106. The summed E-state index contributed by atoms with van der Waals surface area (Å²) in [6.45, 7) is 1.76. The van der Waals surface area contributed by atoms with Crippen LogP contribution in [0.1, 0.15) is 33.2 Å². The normalized spacial score (nSPS) is 11.6. The van der Waals surface area contributed by atoms with Crippen molar-refractivity contribution in [3.8, 4) is 0 Å². The zero-order chi connectivity index (χ0) is 32.3. The van der Waals surface area contributed by atoms with E-state index in [9.17, 15) is 19.2 Å². The number of anilines is 3. The average molecular weight is 623 g/mol. The second kappa shape index (κ2) is 15.4. The summed E-state index contributed by atoms with van der Waals surface area (Å²) in [6.07, 6.45) is 1.62. The van der Waals surface area contributed by atoms with Crippen molar-refractivity contribution in [2.24, 2.45) is 0 Å². The maximum atomic E-state index is 13.4. The van der Waals surface area contributed by atoms with Crippen molar-refractivity contribution in [2.75, 3.05) is 36.7 Å². The highest BCUT2D eigenvalue weighted by Gasteiger charge is 2.19. The van der Waals surface area contributed by atoms with Gasteiger partial charge >= 0.3 is 5.97 Å². The predicted octanol–water partition coefficient (Wildman–Crippen LogP) is 6.07. The van der Waals surface area contributed by atoms with E-state index in [-0.39, 0.29) is 17.2 Å². The molecule has 3 N–H and O–H groups in total. The largest absolute Gasteiger partial charge is 0.465 e. The molecular weight excluding hydrogens is 588 g/mol. The van der Waals surface area contributed by atoms with Crippen molar-refractivity contribution in [1.29, 1.82) is 0 Å². The first-order chi connectivity index (χ1) is 21.6. The third-order valence-corrected chi connectivity index (χ3v) is 7.75. The molecule has 0 spiro atoms. The minimum Gasteiger partial charge on any atom is -0.465 e. The Morgan fingerprint density at radius 2 is 1.44 bits per heavy atom. The Kier molecular flexibility index (Phi) is 11.1. The van der Waals surface area contributed by atoms with Crippen LogP contribution >= 0.6 is 11.8 Å². The molecule has 0 fully saturated rings. The van der Waals surface area contributed by atoms with Crippen LogP contribution in [0.5, 0.6) is 0 Å². The molecule has 0 aliphatic carbocycles. The van der Waals surface area contributed by atoms with Crippen LogP contribution in [-0.4, -0.2) is 50.1 Å². The summed E-state index contributed by atoms with van der Waals surface area (Å²) in [5.74, 6) is -1.72. The number of amides is 3. The fourth-order valence-electron chi connectivity index (χ4n) is 4.17. The van der Waals surface area contributed by atoms with E-state index in [4.69, 9.17) is 4.74 Å². The number of nitrogens with zero attached hydrogens (tertiary/aromatic N) is 1. The number of hydrogen-bond donors (Lipinski definition) is 3. The number of rotatable bonds is 11. The standard InChI is InChI=1S/C35H34N4O5S/c1-23(32(40)37-30-13-9-8-12-29(30)35(43)44-4)45-28-20-16-26(17-21-28)36-34(42)31(38-33(41)25-10-6-5-7-11-25)22-24-14-18-27(19-15-24)39(2)3/h5-23H,1-4H3,(H,36,42)(H,37,40)(H,38,41)/b31-22-. The predicted molar refractivity (Wildman–Crippen MR) is 179 cm³/mol. The summed E-state index contributed by atoms with van der Waals surface area (Å²) in [5, 5.41) is 7.89. The maximum Gasteiger partial charge on any atom is 0.339 e. The van der Waals surface area contributed by atoms with E-state index in [1.54, 1.807) is 85.8 Å². The van der Waals surface area contributed by atoms with E-state index in [1.165, 1.54) is 18.9 Å². The number of thioether (sulfide) groups is 1. The van der Waals surface area contributed by atoms with E-state index in [0.29, 0.717) is 16.9 Å². The molecule has 1 unspecified atom stereocenters. The van der Waals surface area contributed by atoms with Crippen LogP contribution in [0.4, 0.5) is 17.1 Å². The second-order valence-electron chi connectivity index (χ2n) is 10.1. The number of methoxy groups -OCH3 is 1. The molecule has 0 aliphatic rings. The van der Waals surface area contributed by atoms with Crippen molar-refractivity contribution in [3.63, 3.8) is 0 Å². The lowest BCUT2D eigenvalue weighted by atomic mass is 10.1. The molecule has 0 saturated carbocycles. The van der Waals surface area contributed by atoms with Gasteiger partial charge in [-0.1, -0.05) is 42.5 Å². The van der Waals surface area contributed by atoms with Crippen LogP contribution in [0.2, 0.25) is 0 Å². The smallest absolute Gasteiger partial charge is 0.339 e. The lowest BCUT2D eigenvalue weighted by molar-refractivity contribution is -0.115. The van der Waals surface area contributed by atoms with Crippen molar-refractivity contribution in [1.82, 2.24) is 5.32 Å². The second-order valence-corrected chi connectivity index (χ2v) is 11.5. The Morgan fingerprint density at radius 1 is 0.800 bits per heavy atom. The summed E-state index contributed by atoms with van der Waals surface area (Å²) in [6, 6.07) is 29.9. The van der Waals surface area contributed by atoms with Gasteiger partial charge in [0.1, 0.15) is 5.70 Å². The zero-order valence-electron chi connectivity index (χ0n) is 25.4. The molecule has 0 heterocycles. The number of hydrogen-bond acceptors (Lipinski definition) is 7. The van der Waals surface area contributed by atoms with Crippen molar-refractivity contribution >= 4 is 58.6 Å². The van der Waals surface area contributed by atoms with Gasteiger partial charge in [-0.2, -0.15) is 0 Å². The van der Waals surface area contributed by atoms with Gasteiger partial charge in [0.25, 0.3) is 11.8 Å². The molecule has 10 heteroatoms. The van der Waals surface area contributed by atoms with E-state index >= 15 is 0 Å². The Labute approximate surface area is 266 Å². The number of nitrogens with one attached hydrogen (secondary N) is 3. The zero-order valence-corrected chi connectivity index (χ0v) is 26.2. The number of carbonyl (C=O) groups excluding carboxylic acids is 4. The fraction of sp³-hybridized carbons (Fsp3) is 0.143. The highest BCUT2D eigenvalue weighted by Crippen LogP contribution is 2.27. The lowest BCUT2D eigenvalue weighted by Crippen LogP contribution is -2.30. The van der Waals surface area contributed by atoms with Crippen LogP contribution < -0.4 is 20.9 Å². The molecule has 3 amide bonds. The summed E-state index contributed by atoms with van der Waals surface area (Å²) in [7, 11) is 5.17. The molecule has 9 nitrogen and oxygen atoms in total. The van der Waals surface area contributed by atoms with Crippen molar-refractivity contribution < 1.29 is 23.9 Å². The van der Waals surface area contributed by atoms with E-state index in [0.717, 1.165) is 16.1 Å². The molecule has 45 heavy (non-hydrogen) atoms. The van der Waals surface area contributed by atoms with Crippen LogP contribution in [0.15, 0.2) is 114 Å². The fourth-order valence-corrected chi connectivity index (χ4v) is 5.03. The van der Waals surface area contributed by atoms with Crippen molar-refractivity contribution in [3.05, 3.63) is 126 Å². The third-order valence-electron chi connectivity index (χ3n) is 6.63. The highest BCUT2D eigenvalue weighted by molar-refractivity contribution is 8.00. The van der Waals surface area contributed by atoms with Gasteiger partial charge in [-0.3, -0.25) is 14.4 Å². The van der Waals surface area contributed by atoms with Crippen LogP contribution in [0.3, 0.4) is 0 Å². The van der Waals surface area contributed by atoms with Gasteiger partial charge in [0.15, 0.2) is 0 Å². The average Bonchev–Trinajstić information content (AvgIpc) is 3.05. The maximum absolute atomic E-state index is 13.4. The molecule has 0 saturated heterocycles. The topological polar surface area (TPSA) is 117 Å². The van der Waals surface area contributed by atoms with Gasteiger partial charge in [-0.05, 0) is 79.2 Å². The van der Waals surface area contributed by atoms with Gasteiger partial charge in [0.05, 0.1) is 23.6 Å². The summed E-state index contributed by atoms with van der Waals surface area (Å²) >= 11 is 1.32. The molecule has 0 aromatic heterocycles. The summed E-state index contributed by atoms with van der Waals surface area (Å²) < 4.78 is 4.80. The molecule has 4 aromatic rings. The molecule has 0 radical (unpaired) electrons. The molecule has 4 rings (SSSR count). The Morgan fingerprint density at radius 3 is 2.09 bits per heavy atom. The number of carbonyl (C=O) groups is 4. The molecule has 0 bridgehead atoms. The summed E-state index contributed by atoms with van der Waals surface area (Å²) in [4.78, 5) is 54.0. The summed E-state index contributed by atoms with van der Waals surface area (Å²) in [5.41, 5.74) is 3.40. The van der Waals surface area contributed by atoms with Crippen LogP contribution in [0, 0.1) is 0 Å². The van der Waals surface area contributed by atoms with Gasteiger partial charge in [0.2, 0.25) is 5.91 Å². The first-order valence-corrected chi connectivity index (χ1v) is 14.9. The van der Waals surface area contributed by atoms with Crippen LogP contribution in [0.25, 0.3) is 6.08 Å². The third kappa shape index (κ3) is 9.07. The van der Waals surface area contributed by atoms with Gasteiger partial charge in [-0.15, -0.1) is 11.8 Å². The van der Waals surface area contributed by atoms with Crippen LogP contribution in [-0.2, 0) is 14.3 Å². The van der Waals surface area contributed by atoms with E-state index in [2.05, 4.69) is 16.0 Å². The number of para-hydroxylation sites is 1. The number of benzene rings is 4. The van der Waals surface area contributed by atoms with Gasteiger partial charge in [-0.25, -0.2) is 4.79 Å². The molecule has 4 aromatic carbocycles. The molecule has 1 atom stereocenters. The number of ether oxygens (including phenoxy) is 1. The molecular formula is C35H34N4O5S. The van der Waals surface area contributed by atoms with E-state index < -0.39 is 23.0 Å².